The smallest absolute Gasteiger partial charge is 0.419 e. The number of thiazole rings is 1. The minimum atomic E-state index is -4.68. The maximum atomic E-state index is 14.6. The number of hydrogen-bond donors (Lipinski definition) is 1. The molecule has 1 fully saturated rings. The predicted octanol–water partition coefficient (Wildman–Crippen LogP) is 7.24. The first-order chi connectivity index (χ1) is 18.6. The van der Waals surface area contributed by atoms with Crippen molar-refractivity contribution < 1.29 is 31.9 Å². The fraction of sp³-hybridized carbons (Fsp3) is 0.222. The molecule has 0 atom stereocenters. The fourth-order valence-electron chi connectivity index (χ4n) is 4.32. The van der Waals surface area contributed by atoms with E-state index in [1.807, 2.05) is 18.2 Å². The third-order valence-corrected chi connectivity index (χ3v) is 7.73. The highest BCUT2D eigenvalue weighted by atomic mass is 35.5. The lowest BCUT2D eigenvalue weighted by molar-refractivity contribution is -0.143. The van der Waals surface area contributed by atoms with Gasteiger partial charge in [-0.05, 0) is 55.3 Å². The summed E-state index contributed by atoms with van der Waals surface area (Å²) in [4.78, 5) is 31.4. The van der Waals surface area contributed by atoms with Crippen molar-refractivity contribution in [3.8, 4) is 11.5 Å². The zero-order chi connectivity index (χ0) is 27.7. The van der Waals surface area contributed by atoms with E-state index >= 15 is 0 Å². The topological polar surface area (TPSA) is 71.5 Å². The normalized spacial score (nSPS) is 14.4. The number of amides is 2. The average Bonchev–Trinajstić information content (AvgIpc) is 3.33. The van der Waals surface area contributed by atoms with Crippen molar-refractivity contribution in [2.75, 3.05) is 18.4 Å². The van der Waals surface area contributed by atoms with E-state index in [1.54, 1.807) is 11.3 Å². The number of hydrogen-bond acceptors (Lipinski definition) is 5. The Labute approximate surface area is 229 Å². The molecular formula is C27H20ClF4N3O3S. The summed E-state index contributed by atoms with van der Waals surface area (Å²) < 4.78 is 60.4. The van der Waals surface area contributed by atoms with E-state index in [1.165, 1.54) is 23.1 Å². The number of ether oxygens (including phenoxy) is 1. The van der Waals surface area contributed by atoms with Gasteiger partial charge in [-0.15, -0.1) is 11.3 Å². The Kier molecular flexibility index (Phi) is 7.46. The quantitative estimate of drug-likeness (QED) is 0.205. The zero-order valence-corrected chi connectivity index (χ0v) is 21.7. The van der Waals surface area contributed by atoms with E-state index in [-0.39, 0.29) is 11.6 Å². The molecule has 1 aliphatic rings. The molecule has 0 spiro atoms. The second-order valence-corrected chi connectivity index (χ2v) is 10.4. The molecule has 1 N–H and O–H groups in total. The maximum Gasteiger partial charge on any atom is 0.419 e. The molecule has 1 aliphatic heterocycles. The molecule has 202 valence electrons. The van der Waals surface area contributed by atoms with E-state index in [0.717, 1.165) is 39.5 Å². The molecule has 4 aromatic rings. The van der Waals surface area contributed by atoms with Crippen molar-refractivity contribution >= 4 is 50.7 Å². The molecule has 0 saturated carbocycles. The van der Waals surface area contributed by atoms with Gasteiger partial charge in [-0.1, -0.05) is 23.7 Å². The predicted molar refractivity (Wildman–Crippen MR) is 140 cm³/mol. The number of para-hydroxylation sites is 1. The van der Waals surface area contributed by atoms with Gasteiger partial charge in [0.05, 0.1) is 20.8 Å². The first-order valence-electron chi connectivity index (χ1n) is 11.9. The monoisotopic (exact) mass is 577 g/mol. The number of nitrogens with one attached hydrogen (secondary N) is 1. The molecule has 6 nitrogen and oxygen atoms in total. The molecule has 1 saturated heterocycles. The number of aromatic nitrogens is 1. The molecule has 3 aromatic carbocycles. The van der Waals surface area contributed by atoms with Gasteiger partial charge in [-0.3, -0.25) is 9.59 Å². The highest BCUT2D eigenvalue weighted by molar-refractivity contribution is 7.18. The highest BCUT2D eigenvalue weighted by Crippen LogP contribution is 2.39. The van der Waals surface area contributed by atoms with E-state index < -0.39 is 40.9 Å². The van der Waals surface area contributed by atoms with Crippen LogP contribution in [0.25, 0.3) is 10.2 Å². The van der Waals surface area contributed by atoms with Crippen molar-refractivity contribution in [2.24, 2.45) is 0 Å². The van der Waals surface area contributed by atoms with Crippen LogP contribution in [-0.2, 0) is 15.8 Å². The number of alkyl halides is 3. The van der Waals surface area contributed by atoms with Crippen molar-refractivity contribution in [1.82, 2.24) is 9.88 Å². The number of rotatable bonds is 4. The van der Waals surface area contributed by atoms with Crippen LogP contribution >= 0.6 is 22.9 Å². The van der Waals surface area contributed by atoms with Crippen LogP contribution in [0.15, 0.2) is 60.7 Å². The van der Waals surface area contributed by atoms with Gasteiger partial charge in [0.25, 0.3) is 0 Å². The number of benzene rings is 3. The summed E-state index contributed by atoms with van der Waals surface area (Å²) in [6.45, 7) is 0.709. The van der Waals surface area contributed by atoms with Crippen LogP contribution in [0, 0.1) is 5.82 Å². The molecule has 1 aromatic heterocycles. The van der Waals surface area contributed by atoms with Crippen LogP contribution in [0.1, 0.15) is 29.3 Å². The standard InChI is InChI=1S/C27H20ClF4N3O3S/c28-16-5-8-23-20(13-16)34-25(39-23)15-9-11-35(12-10-15)26(37)24(36)33-17-6-7-22(19(29)14-17)38-21-4-2-1-3-18(21)27(30,31)32/h1-8,13-15H,9-12H2,(H,33,36). The number of carbonyl (C=O) groups excluding carboxylic acids is 2. The number of likely N-dealkylation sites (tertiary alicyclic amines) is 1. The second kappa shape index (κ2) is 10.8. The number of anilines is 1. The first-order valence-corrected chi connectivity index (χ1v) is 13.1. The zero-order valence-electron chi connectivity index (χ0n) is 20.1. The third-order valence-electron chi connectivity index (χ3n) is 6.29. The number of nitrogens with zero attached hydrogens (tertiary/aromatic N) is 2. The molecule has 2 heterocycles. The maximum absolute atomic E-state index is 14.6. The molecule has 2 amide bonds. The highest BCUT2D eigenvalue weighted by Gasteiger charge is 2.34. The molecule has 5 rings (SSSR count). The number of fused-ring (bicyclic) bond motifs is 1. The Hall–Kier alpha value is -3.70. The summed E-state index contributed by atoms with van der Waals surface area (Å²) in [6, 6.07) is 13.2. The summed E-state index contributed by atoms with van der Waals surface area (Å²) in [6.07, 6.45) is -3.42. The van der Waals surface area contributed by atoms with Gasteiger partial charge in [-0.2, -0.15) is 13.2 Å². The summed E-state index contributed by atoms with van der Waals surface area (Å²) >= 11 is 7.62. The summed E-state index contributed by atoms with van der Waals surface area (Å²) in [5.74, 6) is -3.58. The molecular weight excluding hydrogens is 558 g/mol. The number of halogens is 5. The van der Waals surface area contributed by atoms with Crippen molar-refractivity contribution in [1.29, 1.82) is 0 Å². The molecule has 12 heteroatoms. The van der Waals surface area contributed by atoms with E-state index in [2.05, 4.69) is 10.3 Å². The second-order valence-electron chi connectivity index (χ2n) is 8.93. The van der Waals surface area contributed by atoms with Gasteiger partial charge in [-0.25, -0.2) is 9.37 Å². The van der Waals surface area contributed by atoms with Crippen LogP contribution in [0.5, 0.6) is 11.5 Å². The Morgan fingerprint density at radius 3 is 2.49 bits per heavy atom. The van der Waals surface area contributed by atoms with Gasteiger partial charge in [0, 0.05) is 35.8 Å². The summed E-state index contributed by atoms with van der Waals surface area (Å²) in [7, 11) is 0. The van der Waals surface area contributed by atoms with E-state index in [4.69, 9.17) is 16.3 Å². The van der Waals surface area contributed by atoms with Gasteiger partial charge in [0.1, 0.15) is 5.75 Å². The van der Waals surface area contributed by atoms with E-state index in [9.17, 15) is 27.2 Å². The van der Waals surface area contributed by atoms with Gasteiger partial charge >= 0.3 is 18.0 Å². The Bertz CT molecular complexity index is 1550. The molecule has 0 aliphatic carbocycles. The van der Waals surface area contributed by atoms with Crippen molar-refractivity contribution in [3.05, 3.63) is 82.1 Å². The summed E-state index contributed by atoms with van der Waals surface area (Å²) in [5.41, 5.74) is -0.261. The number of carbonyl (C=O) groups is 2. The van der Waals surface area contributed by atoms with E-state index in [0.29, 0.717) is 31.0 Å². The van der Waals surface area contributed by atoms with Gasteiger partial charge in [0.15, 0.2) is 11.6 Å². The lowest BCUT2D eigenvalue weighted by Gasteiger charge is -2.30. The van der Waals surface area contributed by atoms with Crippen molar-refractivity contribution in [3.63, 3.8) is 0 Å². The largest absolute Gasteiger partial charge is 0.454 e. The molecule has 0 radical (unpaired) electrons. The summed E-state index contributed by atoms with van der Waals surface area (Å²) in [5, 5.41) is 3.91. The Morgan fingerprint density at radius 2 is 1.77 bits per heavy atom. The van der Waals surface area contributed by atoms with Crippen LogP contribution in [-0.4, -0.2) is 34.8 Å². The number of piperidine rings is 1. The fourth-order valence-corrected chi connectivity index (χ4v) is 5.60. The Balaban J connectivity index is 1.19. The van der Waals surface area contributed by atoms with Crippen molar-refractivity contribution in [2.45, 2.75) is 24.9 Å². The molecule has 0 bridgehead atoms. The third kappa shape index (κ3) is 5.99. The minimum Gasteiger partial charge on any atom is -0.454 e. The van der Waals surface area contributed by atoms with Crippen LogP contribution in [0.4, 0.5) is 23.2 Å². The minimum absolute atomic E-state index is 0.0367. The van der Waals surface area contributed by atoms with Crippen LogP contribution < -0.4 is 10.1 Å². The Morgan fingerprint density at radius 1 is 1.03 bits per heavy atom. The van der Waals surface area contributed by atoms with Crippen LogP contribution in [0.2, 0.25) is 5.02 Å². The van der Waals surface area contributed by atoms with Gasteiger partial charge in [0.2, 0.25) is 0 Å². The lowest BCUT2D eigenvalue weighted by atomic mass is 9.97. The van der Waals surface area contributed by atoms with Crippen LogP contribution in [0.3, 0.4) is 0 Å². The SMILES string of the molecule is O=C(Nc1ccc(Oc2ccccc2C(F)(F)F)c(F)c1)C(=O)N1CCC(c2nc3cc(Cl)ccc3s2)CC1. The molecule has 39 heavy (non-hydrogen) atoms. The lowest BCUT2D eigenvalue weighted by Crippen LogP contribution is -2.43. The first kappa shape index (κ1) is 26.9. The van der Waals surface area contributed by atoms with Gasteiger partial charge < -0.3 is 15.0 Å². The molecule has 0 unspecified atom stereocenters. The average molecular weight is 578 g/mol.